The summed E-state index contributed by atoms with van der Waals surface area (Å²) in [5, 5.41) is 6.50. The Labute approximate surface area is 234 Å². The van der Waals surface area contributed by atoms with E-state index in [1.54, 1.807) is 12.1 Å². The lowest BCUT2D eigenvalue weighted by Crippen LogP contribution is -2.44. The normalized spacial score (nSPS) is 17.7. The van der Waals surface area contributed by atoms with E-state index in [-0.39, 0.29) is 17.9 Å². The van der Waals surface area contributed by atoms with Crippen LogP contribution in [0.25, 0.3) is 0 Å². The predicted octanol–water partition coefficient (Wildman–Crippen LogP) is 2.75. The molecule has 3 heterocycles. The van der Waals surface area contributed by atoms with Crippen molar-refractivity contribution in [3.05, 3.63) is 47.6 Å². The summed E-state index contributed by atoms with van der Waals surface area (Å²) in [5.74, 6) is 0.336. The van der Waals surface area contributed by atoms with Gasteiger partial charge in [-0.15, -0.1) is 0 Å². The number of hydrogen-bond acceptors (Lipinski definition) is 9. The van der Waals surface area contributed by atoms with Crippen LogP contribution < -0.4 is 20.3 Å². The zero-order chi connectivity index (χ0) is 27.8. The summed E-state index contributed by atoms with van der Waals surface area (Å²) in [6, 6.07) is 5.41. The lowest BCUT2D eigenvalue weighted by molar-refractivity contribution is -0.111. The topological polar surface area (TPSA) is 112 Å². The van der Waals surface area contributed by atoms with Gasteiger partial charge in [0.1, 0.15) is 11.6 Å². The van der Waals surface area contributed by atoms with Gasteiger partial charge in [-0.1, -0.05) is 18.2 Å². The highest BCUT2D eigenvalue weighted by Gasteiger charge is 2.29. The first-order valence-electron chi connectivity index (χ1n) is 13.2. The number of hydrogen-bond donors (Lipinski definition) is 2. The Balaban J connectivity index is 1.42. The van der Waals surface area contributed by atoms with E-state index >= 15 is 0 Å². The van der Waals surface area contributed by atoms with Crippen LogP contribution in [0.4, 0.5) is 17.3 Å². The SMILES string of the molecule is C=CC(=O)Nc1ccc(C(=O)N2CCC(Nc3ncc(Cl)c(OCCOCC)n3)C2)cc1N1CCN(C)CC1. The van der Waals surface area contributed by atoms with E-state index in [2.05, 4.69) is 44.0 Å². The van der Waals surface area contributed by atoms with Gasteiger partial charge in [0.15, 0.2) is 0 Å². The Kier molecular flexibility index (Phi) is 9.96. The molecule has 2 aliphatic rings. The number of likely N-dealkylation sites (tertiary alicyclic amines) is 1. The van der Waals surface area contributed by atoms with Crippen molar-refractivity contribution in [2.45, 2.75) is 19.4 Å². The summed E-state index contributed by atoms with van der Waals surface area (Å²) in [7, 11) is 2.08. The molecule has 4 rings (SSSR count). The molecule has 0 radical (unpaired) electrons. The highest BCUT2D eigenvalue weighted by molar-refractivity contribution is 6.31. The number of carbonyl (C=O) groups excluding carboxylic acids is 2. The van der Waals surface area contributed by atoms with Gasteiger partial charge < -0.3 is 34.8 Å². The second-order valence-corrected chi connectivity index (χ2v) is 9.90. The Bertz CT molecular complexity index is 1170. The minimum absolute atomic E-state index is 0.0188. The molecule has 1 unspecified atom stereocenters. The number of ether oxygens (including phenoxy) is 2. The third-order valence-corrected chi connectivity index (χ3v) is 6.98. The summed E-state index contributed by atoms with van der Waals surface area (Å²) in [5.41, 5.74) is 2.08. The average molecular weight is 558 g/mol. The summed E-state index contributed by atoms with van der Waals surface area (Å²) in [6.07, 6.45) is 3.49. The number of benzene rings is 1. The Morgan fingerprint density at radius 3 is 2.74 bits per heavy atom. The fraction of sp³-hybridized carbons (Fsp3) is 0.481. The van der Waals surface area contributed by atoms with Crippen molar-refractivity contribution < 1.29 is 19.1 Å². The van der Waals surface area contributed by atoms with Gasteiger partial charge in [-0.25, -0.2) is 4.98 Å². The van der Waals surface area contributed by atoms with Crippen molar-refractivity contribution in [2.75, 3.05) is 81.7 Å². The molecular weight excluding hydrogens is 522 g/mol. The minimum Gasteiger partial charge on any atom is -0.474 e. The number of halogens is 1. The van der Waals surface area contributed by atoms with E-state index in [1.165, 1.54) is 12.3 Å². The van der Waals surface area contributed by atoms with Crippen LogP contribution >= 0.6 is 11.6 Å². The maximum Gasteiger partial charge on any atom is 0.254 e. The molecule has 1 aromatic heterocycles. The second kappa shape index (κ2) is 13.6. The Hall–Kier alpha value is -3.41. The molecule has 39 heavy (non-hydrogen) atoms. The molecule has 0 spiro atoms. The van der Waals surface area contributed by atoms with Crippen molar-refractivity contribution in [3.8, 4) is 5.88 Å². The van der Waals surface area contributed by atoms with Gasteiger partial charge in [0.25, 0.3) is 5.91 Å². The largest absolute Gasteiger partial charge is 0.474 e. The summed E-state index contributed by atoms with van der Waals surface area (Å²) >= 11 is 6.18. The predicted molar refractivity (Wildman–Crippen MR) is 152 cm³/mol. The molecule has 0 aliphatic carbocycles. The summed E-state index contributed by atoms with van der Waals surface area (Å²) in [6.45, 7) is 11.4. The molecule has 210 valence electrons. The summed E-state index contributed by atoms with van der Waals surface area (Å²) in [4.78, 5) is 40.4. The minimum atomic E-state index is -0.287. The maximum atomic E-state index is 13.5. The number of anilines is 3. The number of likely N-dealkylation sites (N-methyl/N-ethyl adjacent to an activating group) is 1. The highest BCUT2D eigenvalue weighted by atomic mass is 35.5. The fourth-order valence-corrected chi connectivity index (χ4v) is 4.70. The standard InChI is InChI=1S/C27H36ClN7O4/c1-4-24(36)31-22-7-6-19(16-23(22)34-12-10-33(3)11-13-34)26(37)35-9-8-20(18-35)30-27-29-17-21(28)25(32-27)39-15-14-38-5-2/h4,6-7,16-17,20H,1,5,8-15,18H2,2-3H3,(H,31,36)(H,29,30,32). The quantitative estimate of drug-likeness (QED) is 0.318. The van der Waals surface area contributed by atoms with E-state index in [4.69, 9.17) is 21.1 Å². The van der Waals surface area contributed by atoms with Crippen molar-refractivity contribution in [1.29, 1.82) is 0 Å². The van der Waals surface area contributed by atoms with Crippen LogP contribution in [0.5, 0.6) is 5.88 Å². The number of amides is 2. The monoisotopic (exact) mass is 557 g/mol. The molecule has 11 nitrogen and oxygen atoms in total. The molecule has 2 aliphatic heterocycles. The molecule has 2 amide bonds. The first-order chi connectivity index (χ1) is 18.9. The molecule has 2 aromatic rings. The summed E-state index contributed by atoms with van der Waals surface area (Å²) < 4.78 is 10.9. The van der Waals surface area contributed by atoms with Crippen LogP contribution in [-0.2, 0) is 9.53 Å². The average Bonchev–Trinajstić information content (AvgIpc) is 3.41. The first kappa shape index (κ1) is 28.6. The molecule has 0 bridgehead atoms. The van der Waals surface area contributed by atoms with Gasteiger partial charge in [0.2, 0.25) is 17.7 Å². The molecule has 2 fully saturated rings. The molecule has 2 saturated heterocycles. The van der Waals surface area contributed by atoms with E-state index in [9.17, 15) is 9.59 Å². The van der Waals surface area contributed by atoms with E-state index in [0.717, 1.165) is 38.3 Å². The first-order valence-corrected chi connectivity index (χ1v) is 13.6. The third kappa shape index (κ3) is 7.59. The van der Waals surface area contributed by atoms with Gasteiger partial charge in [-0.05, 0) is 44.7 Å². The van der Waals surface area contributed by atoms with Gasteiger partial charge >= 0.3 is 0 Å². The third-order valence-electron chi connectivity index (χ3n) is 6.72. The molecule has 1 aromatic carbocycles. The number of piperazine rings is 1. The number of nitrogens with zero attached hydrogens (tertiary/aromatic N) is 5. The van der Waals surface area contributed by atoms with Crippen LogP contribution in [0, 0.1) is 0 Å². The number of nitrogens with one attached hydrogen (secondary N) is 2. The highest BCUT2D eigenvalue weighted by Crippen LogP contribution is 2.30. The van der Waals surface area contributed by atoms with Crippen LogP contribution in [0.2, 0.25) is 5.02 Å². The molecular formula is C27H36ClN7O4. The van der Waals surface area contributed by atoms with Gasteiger partial charge in [-0.2, -0.15) is 4.98 Å². The zero-order valence-corrected chi connectivity index (χ0v) is 23.2. The Morgan fingerprint density at radius 1 is 1.21 bits per heavy atom. The van der Waals surface area contributed by atoms with Crippen LogP contribution in [0.15, 0.2) is 37.1 Å². The zero-order valence-electron chi connectivity index (χ0n) is 22.5. The van der Waals surface area contributed by atoms with Gasteiger partial charge in [-0.3, -0.25) is 9.59 Å². The van der Waals surface area contributed by atoms with Gasteiger partial charge in [0, 0.05) is 57.5 Å². The van der Waals surface area contributed by atoms with E-state index < -0.39 is 0 Å². The number of rotatable bonds is 11. The molecule has 2 N–H and O–H groups in total. The van der Waals surface area contributed by atoms with Crippen molar-refractivity contribution >= 4 is 40.7 Å². The molecule has 1 atom stereocenters. The lowest BCUT2D eigenvalue weighted by atomic mass is 10.1. The van der Waals surface area contributed by atoms with Crippen molar-refractivity contribution in [1.82, 2.24) is 19.8 Å². The fourth-order valence-electron chi connectivity index (χ4n) is 4.55. The van der Waals surface area contributed by atoms with Crippen molar-refractivity contribution in [3.63, 3.8) is 0 Å². The number of aromatic nitrogens is 2. The second-order valence-electron chi connectivity index (χ2n) is 9.49. The van der Waals surface area contributed by atoms with Crippen LogP contribution in [-0.4, -0.2) is 104 Å². The van der Waals surface area contributed by atoms with Crippen LogP contribution in [0.1, 0.15) is 23.7 Å². The van der Waals surface area contributed by atoms with Gasteiger partial charge in [0.05, 0.1) is 24.2 Å². The maximum absolute atomic E-state index is 13.5. The molecule has 12 heteroatoms. The lowest BCUT2D eigenvalue weighted by Gasteiger charge is -2.35. The number of carbonyl (C=O) groups is 2. The van der Waals surface area contributed by atoms with E-state index in [1.807, 2.05) is 17.9 Å². The van der Waals surface area contributed by atoms with Crippen molar-refractivity contribution in [2.24, 2.45) is 0 Å². The molecule has 0 saturated carbocycles. The van der Waals surface area contributed by atoms with Crippen LogP contribution in [0.3, 0.4) is 0 Å². The Morgan fingerprint density at radius 2 is 2.00 bits per heavy atom. The smallest absolute Gasteiger partial charge is 0.254 e. The van der Waals surface area contributed by atoms with E-state index in [0.29, 0.717) is 61.0 Å².